The van der Waals surface area contributed by atoms with Crippen LogP contribution >= 0.6 is 15.6 Å². The van der Waals surface area contributed by atoms with E-state index < -0.39 is 97.5 Å². The molecule has 19 heteroatoms. The fraction of sp³-hybridized carbons (Fsp3) is 0.947. The molecule has 0 aromatic carbocycles. The molecule has 0 saturated heterocycles. The number of esters is 4. The summed E-state index contributed by atoms with van der Waals surface area (Å²) >= 11 is 0. The molecule has 0 bridgehead atoms. The van der Waals surface area contributed by atoms with E-state index in [1.165, 1.54) is 186 Å². The highest BCUT2D eigenvalue weighted by Crippen LogP contribution is 2.45. The second-order valence-corrected chi connectivity index (χ2v) is 30.9. The van der Waals surface area contributed by atoms with E-state index in [0.29, 0.717) is 25.7 Å². The van der Waals surface area contributed by atoms with Crippen LogP contribution in [-0.2, 0) is 65.4 Å². The van der Waals surface area contributed by atoms with E-state index in [4.69, 9.17) is 37.0 Å². The third kappa shape index (κ3) is 68.6. The Morgan fingerprint density at radius 3 is 0.723 bits per heavy atom. The second-order valence-electron chi connectivity index (χ2n) is 28.0. The Kier molecular flexibility index (Phi) is 65.5. The van der Waals surface area contributed by atoms with Crippen LogP contribution in [0.3, 0.4) is 0 Å². The largest absolute Gasteiger partial charge is 0.472 e. The lowest BCUT2D eigenvalue weighted by Crippen LogP contribution is -2.30. The molecule has 94 heavy (non-hydrogen) atoms. The molecule has 0 aliphatic rings. The molecule has 5 atom stereocenters. The monoisotopic (exact) mass is 1380 g/mol. The molecule has 0 saturated carbocycles. The van der Waals surface area contributed by atoms with Crippen LogP contribution in [0.1, 0.15) is 388 Å². The molecule has 0 aliphatic heterocycles. The van der Waals surface area contributed by atoms with E-state index >= 15 is 0 Å². The van der Waals surface area contributed by atoms with Crippen molar-refractivity contribution in [1.82, 2.24) is 0 Å². The molecular weight excluding hydrogens is 1230 g/mol. The van der Waals surface area contributed by atoms with Gasteiger partial charge in [0.2, 0.25) is 0 Å². The van der Waals surface area contributed by atoms with E-state index in [9.17, 15) is 43.2 Å². The van der Waals surface area contributed by atoms with Crippen LogP contribution in [0.15, 0.2) is 0 Å². The van der Waals surface area contributed by atoms with Gasteiger partial charge >= 0.3 is 39.5 Å². The number of hydrogen-bond acceptors (Lipinski definition) is 15. The molecular formula is C75H146O17P2. The molecule has 0 spiro atoms. The Labute approximate surface area is 575 Å². The van der Waals surface area contributed by atoms with Gasteiger partial charge in [0.25, 0.3) is 0 Å². The predicted octanol–water partition coefficient (Wildman–Crippen LogP) is 21.9. The third-order valence-corrected chi connectivity index (χ3v) is 19.4. The van der Waals surface area contributed by atoms with Crippen LogP contribution in [0.2, 0.25) is 0 Å². The number of aliphatic hydroxyl groups excluding tert-OH is 1. The van der Waals surface area contributed by atoms with E-state index in [1.54, 1.807) is 0 Å². The van der Waals surface area contributed by atoms with Crippen molar-refractivity contribution in [3.63, 3.8) is 0 Å². The van der Waals surface area contributed by atoms with Gasteiger partial charge in [-0.3, -0.25) is 37.3 Å². The molecule has 0 aromatic rings. The maximum absolute atomic E-state index is 13.1. The van der Waals surface area contributed by atoms with Gasteiger partial charge in [-0.1, -0.05) is 337 Å². The Hall–Kier alpha value is -1.94. The standard InChI is InChI=1S/C75H146O17P2/c1-7-9-11-13-15-40-47-53-59-74(79)91-70(63-85-72(77)57-51-45-37-14-12-10-8-2)65-89-93(81,82)87-61-69(76)62-88-94(83,84)90-66-71(64-86-73(78)58-52-46-41-35-31-27-24-20-22-26-30-34-39-44-50-56-68(5)6)92-75(80)60-54-48-42-36-32-28-23-19-17-16-18-21-25-29-33-38-43-49-55-67(3)4/h67-71,76H,7-66H2,1-6H3,(H,81,82)(H,83,84)/t69-,70+,71+/m0/s1. The molecule has 0 aromatic heterocycles. The fourth-order valence-corrected chi connectivity index (χ4v) is 13.1. The maximum Gasteiger partial charge on any atom is 0.472 e. The van der Waals surface area contributed by atoms with Gasteiger partial charge in [0, 0.05) is 25.7 Å². The summed E-state index contributed by atoms with van der Waals surface area (Å²) in [4.78, 5) is 72.5. The topological polar surface area (TPSA) is 237 Å². The Morgan fingerprint density at radius 2 is 0.489 bits per heavy atom. The number of hydrogen-bond donors (Lipinski definition) is 3. The van der Waals surface area contributed by atoms with Crippen molar-refractivity contribution in [3.05, 3.63) is 0 Å². The zero-order valence-electron chi connectivity index (χ0n) is 61.3. The first-order chi connectivity index (χ1) is 45.4. The van der Waals surface area contributed by atoms with Crippen LogP contribution in [0.4, 0.5) is 0 Å². The molecule has 0 aliphatic carbocycles. The number of phosphoric ester groups is 2. The number of carbonyl (C=O) groups is 4. The lowest BCUT2D eigenvalue weighted by molar-refractivity contribution is -0.161. The normalized spacial score (nSPS) is 14.0. The average molecular weight is 1380 g/mol. The van der Waals surface area contributed by atoms with Crippen molar-refractivity contribution >= 4 is 39.5 Å². The lowest BCUT2D eigenvalue weighted by Gasteiger charge is -2.21. The highest BCUT2D eigenvalue weighted by Gasteiger charge is 2.30. The zero-order chi connectivity index (χ0) is 69.3. The summed E-state index contributed by atoms with van der Waals surface area (Å²) in [6.45, 7) is 9.58. The number of rotatable bonds is 74. The van der Waals surface area contributed by atoms with Gasteiger partial charge in [0.15, 0.2) is 12.2 Å². The number of carbonyl (C=O) groups excluding carboxylic acids is 4. The van der Waals surface area contributed by atoms with Gasteiger partial charge in [-0.25, -0.2) is 9.13 Å². The average Bonchev–Trinajstić information content (AvgIpc) is 1.88. The molecule has 2 unspecified atom stereocenters. The number of phosphoric acid groups is 2. The summed E-state index contributed by atoms with van der Waals surface area (Å²) in [6, 6.07) is 0. The van der Waals surface area contributed by atoms with E-state index in [2.05, 4.69) is 41.5 Å². The van der Waals surface area contributed by atoms with Crippen molar-refractivity contribution < 1.29 is 80.2 Å². The predicted molar refractivity (Wildman–Crippen MR) is 381 cm³/mol. The number of unbranched alkanes of at least 4 members (excludes halogenated alkanes) is 44. The molecule has 0 radical (unpaired) electrons. The van der Waals surface area contributed by atoms with Gasteiger partial charge in [0.05, 0.1) is 26.4 Å². The highest BCUT2D eigenvalue weighted by molar-refractivity contribution is 7.47. The molecule has 558 valence electrons. The van der Waals surface area contributed by atoms with E-state index in [0.717, 1.165) is 121 Å². The van der Waals surface area contributed by atoms with Crippen molar-refractivity contribution in [1.29, 1.82) is 0 Å². The summed E-state index contributed by atoms with van der Waals surface area (Å²) in [7, 11) is -9.90. The minimum atomic E-state index is -4.95. The Bertz CT molecular complexity index is 1820. The van der Waals surface area contributed by atoms with Gasteiger partial charge in [-0.2, -0.15) is 0 Å². The summed E-state index contributed by atoms with van der Waals surface area (Å²) in [5, 5.41) is 10.6. The number of aliphatic hydroxyl groups is 1. The second kappa shape index (κ2) is 66.9. The van der Waals surface area contributed by atoms with Crippen LogP contribution in [0.25, 0.3) is 0 Å². The first kappa shape index (κ1) is 92.1. The van der Waals surface area contributed by atoms with Gasteiger partial charge < -0.3 is 33.8 Å². The minimum Gasteiger partial charge on any atom is -0.462 e. The molecule has 0 rings (SSSR count). The maximum atomic E-state index is 13.1. The summed E-state index contributed by atoms with van der Waals surface area (Å²) in [6.07, 6.45) is 54.5. The molecule has 0 heterocycles. The SMILES string of the molecule is CCCCCCCCCCC(=O)O[C@H](COC(=O)CCCCCCCCC)COP(=O)(O)OC[C@H](O)COP(=O)(O)OC[C@@H](COC(=O)CCCCCCCCCCCCCCCCCC(C)C)OC(=O)CCCCCCCCCCCCCCCCCCCCC(C)C. The smallest absolute Gasteiger partial charge is 0.462 e. The van der Waals surface area contributed by atoms with Crippen molar-refractivity contribution in [2.75, 3.05) is 39.6 Å². The molecule has 0 amide bonds. The van der Waals surface area contributed by atoms with Crippen molar-refractivity contribution in [3.8, 4) is 0 Å². The van der Waals surface area contributed by atoms with Crippen LogP contribution < -0.4 is 0 Å². The summed E-state index contributed by atoms with van der Waals surface area (Å²) < 4.78 is 68.2. The van der Waals surface area contributed by atoms with Crippen molar-refractivity contribution in [2.45, 2.75) is 407 Å². The molecule has 0 fully saturated rings. The van der Waals surface area contributed by atoms with E-state index in [-0.39, 0.29) is 25.7 Å². The van der Waals surface area contributed by atoms with E-state index in [1.807, 2.05) is 0 Å². The van der Waals surface area contributed by atoms with Crippen LogP contribution in [0.5, 0.6) is 0 Å². The van der Waals surface area contributed by atoms with Gasteiger partial charge in [-0.15, -0.1) is 0 Å². The first-order valence-corrected chi connectivity index (χ1v) is 42.0. The zero-order valence-corrected chi connectivity index (χ0v) is 63.1. The summed E-state index contributed by atoms with van der Waals surface area (Å²) in [5.41, 5.74) is 0. The Balaban J connectivity index is 5.12. The number of ether oxygens (including phenoxy) is 4. The fourth-order valence-electron chi connectivity index (χ4n) is 11.5. The van der Waals surface area contributed by atoms with Crippen LogP contribution in [-0.4, -0.2) is 96.7 Å². The Morgan fingerprint density at radius 1 is 0.287 bits per heavy atom. The third-order valence-electron chi connectivity index (χ3n) is 17.5. The molecule has 3 N–H and O–H groups in total. The van der Waals surface area contributed by atoms with Gasteiger partial charge in [-0.05, 0) is 37.5 Å². The quantitative estimate of drug-likeness (QED) is 0.0222. The van der Waals surface area contributed by atoms with Gasteiger partial charge in [0.1, 0.15) is 19.3 Å². The van der Waals surface area contributed by atoms with Crippen LogP contribution in [0, 0.1) is 11.8 Å². The minimum absolute atomic E-state index is 0.105. The highest BCUT2D eigenvalue weighted by atomic mass is 31.2. The first-order valence-electron chi connectivity index (χ1n) is 39.0. The van der Waals surface area contributed by atoms with Crippen molar-refractivity contribution in [2.24, 2.45) is 11.8 Å². The lowest BCUT2D eigenvalue weighted by atomic mass is 10.0. The summed E-state index contributed by atoms with van der Waals surface area (Å²) in [5.74, 6) is -0.498. The molecule has 17 nitrogen and oxygen atoms in total.